The Labute approximate surface area is 103 Å². The third-order valence-electron chi connectivity index (χ3n) is 2.35. The van der Waals surface area contributed by atoms with E-state index in [0.717, 1.165) is 24.8 Å². The molecule has 0 aliphatic heterocycles. The molecule has 92 valence electrons. The molecular weight excluding hydrogens is 218 g/mol. The molecular formula is C13H23NOS. The van der Waals surface area contributed by atoms with Crippen LogP contribution < -0.4 is 5.32 Å². The van der Waals surface area contributed by atoms with Gasteiger partial charge in [0.15, 0.2) is 0 Å². The minimum Gasteiger partial charge on any atom is -0.468 e. The van der Waals surface area contributed by atoms with Crippen molar-refractivity contribution < 1.29 is 4.42 Å². The highest BCUT2D eigenvalue weighted by molar-refractivity contribution is 7.99. The molecule has 3 heteroatoms. The van der Waals surface area contributed by atoms with E-state index in [0.29, 0.717) is 0 Å². The molecule has 1 rings (SSSR count). The lowest BCUT2D eigenvalue weighted by atomic mass is 10.3. The zero-order valence-corrected chi connectivity index (χ0v) is 11.4. The molecule has 0 aromatic carbocycles. The standard InChI is InChI=1S/C13H23NOS/c1-11(2)10-16-8-4-6-14-9-13-12(3)5-7-15-13/h5,7,11,14H,4,6,8-10H2,1-3H3. The molecule has 0 aliphatic rings. The number of hydrogen-bond donors (Lipinski definition) is 1. The second kappa shape index (κ2) is 7.80. The average molecular weight is 241 g/mol. The van der Waals surface area contributed by atoms with Crippen molar-refractivity contribution in [3.63, 3.8) is 0 Å². The third-order valence-corrected chi connectivity index (χ3v) is 3.83. The summed E-state index contributed by atoms with van der Waals surface area (Å²) < 4.78 is 5.36. The summed E-state index contributed by atoms with van der Waals surface area (Å²) in [6, 6.07) is 2.01. The van der Waals surface area contributed by atoms with Crippen LogP contribution >= 0.6 is 11.8 Å². The summed E-state index contributed by atoms with van der Waals surface area (Å²) in [6.07, 6.45) is 2.99. The zero-order valence-electron chi connectivity index (χ0n) is 10.6. The van der Waals surface area contributed by atoms with Crippen LogP contribution in [0.25, 0.3) is 0 Å². The van der Waals surface area contributed by atoms with Crippen molar-refractivity contribution in [2.45, 2.75) is 33.7 Å². The van der Waals surface area contributed by atoms with Crippen molar-refractivity contribution in [1.82, 2.24) is 5.32 Å². The van der Waals surface area contributed by atoms with Gasteiger partial charge < -0.3 is 9.73 Å². The van der Waals surface area contributed by atoms with Crippen molar-refractivity contribution in [1.29, 1.82) is 0 Å². The average Bonchev–Trinajstić information content (AvgIpc) is 2.62. The molecule has 0 amide bonds. The number of thioether (sulfide) groups is 1. The second-order valence-electron chi connectivity index (χ2n) is 4.53. The first-order valence-corrected chi connectivity index (χ1v) is 7.17. The lowest BCUT2D eigenvalue weighted by Gasteiger charge is -2.05. The van der Waals surface area contributed by atoms with E-state index in [2.05, 4.69) is 26.1 Å². The lowest BCUT2D eigenvalue weighted by Crippen LogP contribution is -2.15. The van der Waals surface area contributed by atoms with Crippen molar-refractivity contribution in [3.05, 3.63) is 23.7 Å². The molecule has 16 heavy (non-hydrogen) atoms. The minimum absolute atomic E-state index is 0.809. The number of furan rings is 1. The van der Waals surface area contributed by atoms with E-state index >= 15 is 0 Å². The van der Waals surface area contributed by atoms with Crippen molar-refractivity contribution in [3.8, 4) is 0 Å². The van der Waals surface area contributed by atoms with Crippen molar-refractivity contribution in [2.24, 2.45) is 5.92 Å². The molecule has 1 N–H and O–H groups in total. The van der Waals surface area contributed by atoms with Crippen LogP contribution in [0.2, 0.25) is 0 Å². The predicted molar refractivity (Wildman–Crippen MR) is 71.9 cm³/mol. The number of rotatable bonds is 8. The molecule has 2 nitrogen and oxygen atoms in total. The van der Waals surface area contributed by atoms with Gasteiger partial charge in [0.25, 0.3) is 0 Å². The molecule has 0 unspecified atom stereocenters. The Morgan fingerprint density at radius 2 is 2.25 bits per heavy atom. The van der Waals surface area contributed by atoms with E-state index < -0.39 is 0 Å². The van der Waals surface area contributed by atoms with Crippen LogP contribution in [0, 0.1) is 12.8 Å². The van der Waals surface area contributed by atoms with Crippen LogP contribution in [-0.2, 0) is 6.54 Å². The van der Waals surface area contributed by atoms with E-state index in [1.165, 1.54) is 23.5 Å². The quantitative estimate of drug-likeness (QED) is 0.706. The van der Waals surface area contributed by atoms with Crippen LogP contribution in [0.3, 0.4) is 0 Å². The molecule has 0 atom stereocenters. The Morgan fingerprint density at radius 3 is 2.88 bits per heavy atom. The number of nitrogens with one attached hydrogen (secondary N) is 1. The largest absolute Gasteiger partial charge is 0.468 e. The summed E-state index contributed by atoms with van der Waals surface area (Å²) in [5.41, 5.74) is 1.24. The molecule has 0 saturated carbocycles. The van der Waals surface area contributed by atoms with Crippen molar-refractivity contribution in [2.75, 3.05) is 18.1 Å². The van der Waals surface area contributed by atoms with Gasteiger partial charge in [-0.25, -0.2) is 0 Å². The van der Waals surface area contributed by atoms with Gasteiger partial charge in [-0.3, -0.25) is 0 Å². The van der Waals surface area contributed by atoms with E-state index in [9.17, 15) is 0 Å². The molecule has 0 fully saturated rings. The summed E-state index contributed by atoms with van der Waals surface area (Å²) in [7, 11) is 0. The highest BCUT2D eigenvalue weighted by Crippen LogP contribution is 2.09. The topological polar surface area (TPSA) is 25.2 Å². The fourth-order valence-electron chi connectivity index (χ4n) is 1.41. The van der Waals surface area contributed by atoms with Gasteiger partial charge in [-0.1, -0.05) is 13.8 Å². The maximum Gasteiger partial charge on any atom is 0.120 e. The van der Waals surface area contributed by atoms with E-state index in [4.69, 9.17) is 4.42 Å². The summed E-state index contributed by atoms with van der Waals surface area (Å²) in [5, 5.41) is 3.41. The molecule has 0 radical (unpaired) electrons. The maximum atomic E-state index is 5.36. The van der Waals surface area contributed by atoms with Crippen LogP contribution in [0.1, 0.15) is 31.6 Å². The van der Waals surface area contributed by atoms with Gasteiger partial charge in [0.2, 0.25) is 0 Å². The number of hydrogen-bond acceptors (Lipinski definition) is 3. The molecule has 1 aromatic rings. The minimum atomic E-state index is 0.809. The van der Waals surface area contributed by atoms with Gasteiger partial charge >= 0.3 is 0 Å². The first kappa shape index (κ1) is 13.7. The summed E-state index contributed by atoms with van der Waals surface area (Å²) in [6.45, 7) is 8.55. The Balaban J connectivity index is 1.94. The smallest absolute Gasteiger partial charge is 0.120 e. The molecule has 1 aromatic heterocycles. The molecule has 1 heterocycles. The molecule has 0 saturated heterocycles. The van der Waals surface area contributed by atoms with Crippen LogP contribution in [0.5, 0.6) is 0 Å². The monoisotopic (exact) mass is 241 g/mol. The summed E-state index contributed by atoms with van der Waals surface area (Å²) in [5.74, 6) is 4.40. The molecule has 0 aliphatic carbocycles. The Morgan fingerprint density at radius 1 is 1.44 bits per heavy atom. The van der Waals surface area contributed by atoms with Crippen molar-refractivity contribution >= 4 is 11.8 Å². The van der Waals surface area contributed by atoms with Crippen LogP contribution in [-0.4, -0.2) is 18.1 Å². The lowest BCUT2D eigenvalue weighted by molar-refractivity contribution is 0.481. The van der Waals surface area contributed by atoms with Crippen LogP contribution in [0.15, 0.2) is 16.7 Å². The SMILES string of the molecule is Cc1ccoc1CNCCCSCC(C)C. The predicted octanol–water partition coefficient (Wildman–Crippen LogP) is 3.46. The first-order valence-electron chi connectivity index (χ1n) is 6.01. The Hall–Kier alpha value is -0.410. The zero-order chi connectivity index (χ0) is 11.8. The highest BCUT2D eigenvalue weighted by atomic mass is 32.2. The maximum absolute atomic E-state index is 5.36. The van der Waals surface area contributed by atoms with Gasteiger partial charge in [-0.2, -0.15) is 11.8 Å². The second-order valence-corrected chi connectivity index (χ2v) is 5.68. The first-order chi connectivity index (χ1) is 7.70. The van der Waals surface area contributed by atoms with Crippen LogP contribution in [0.4, 0.5) is 0 Å². The van der Waals surface area contributed by atoms with Gasteiger partial charge in [0.1, 0.15) is 5.76 Å². The Bertz CT molecular complexity index is 283. The van der Waals surface area contributed by atoms with Gasteiger partial charge in [-0.05, 0) is 48.9 Å². The van der Waals surface area contributed by atoms with Gasteiger partial charge in [0.05, 0.1) is 12.8 Å². The summed E-state index contributed by atoms with van der Waals surface area (Å²) in [4.78, 5) is 0. The normalized spacial score (nSPS) is 11.2. The Kier molecular flexibility index (Phi) is 6.65. The third kappa shape index (κ3) is 5.61. The fraction of sp³-hybridized carbons (Fsp3) is 0.692. The van der Waals surface area contributed by atoms with E-state index in [1.54, 1.807) is 6.26 Å². The van der Waals surface area contributed by atoms with E-state index in [1.807, 2.05) is 17.8 Å². The molecule has 0 spiro atoms. The fourth-order valence-corrected chi connectivity index (χ4v) is 2.39. The number of aryl methyl sites for hydroxylation is 1. The van der Waals surface area contributed by atoms with Gasteiger partial charge in [0, 0.05) is 0 Å². The highest BCUT2D eigenvalue weighted by Gasteiger charge is 2.00. The summed E-state index contributed by atoms with van der Waals surface area (Å²) >= 11 is 2.05. The van der Waals surface area contributed by atoms with E-state index in [-0.39, 0.29) is 0 Å². The molecule has 0 bridgehead atoms. The van der Waals surface area contributed by atoms with Gasteiger partial charge in [-0.15, -0.1) is 0 Å².